The predicted molar refractivity (Wildman–Crippen MR) is 132 cm³/mol. The molecule has 0 saturated carbocycles. The first-order valence-electron chi connectivity index (χ1n) is 9.85. The number of carbonyl (C=O) groups is 1. The summed E-state index contributed by atoms with van der Waals surface area (Å²) in [6.45, 7) is -0.261. The Kier molecular flexibility index (Phi) is 8.29. The lowest BCUT2D eigenvalue weighted by atomic mass is 10.2. The minimum Gasteiger partial charge on any atom is -0.493 e. The Hall–Kier alpha value is -4.52. The fraction of sp³-hybridized carbons (Fsp3) is 0.0909. The molecule has 0 aliphatic heterocycles. The summed E-state index contributed by atoms with van der Waals surface area (Å²) in [5, 5.41) is 28.8. The van der Waals surface area contributed by atoms with Crippen molar-refractivity contribution in [1.82, 2.24) is 0 Å². The first-order chi connectivity index (χ1) is 16.8. The molecule has 0 aliphatic carbocycles. The molecule has 2 N–H and O–H groups in total. The van der Waals surface area contributed by atoms with Crippen LogP contribution >= 0.6 is 15.9 Å². The van der Waals surface area contributed by atoms with E-state index in [-0.39, 0.29) is 18.2 Å². The fourth-order valence-electron chi connectivity index (χ4n) is 2.87. The smallest absolute Gasteiger partial charge is 0.301 e. The number of carbonyl (C=O) groups excluding carboxylic acids is 1. The van der Waals surface area contributed by atoms with Gasteiger partial charge in [-0.15, -0.1) is 0 Å². The molecule has 12 nitrogen and oxygen atoms in total. The highest BCUT2D eigenvalue weighted by molar-refractivity contribution is 9.10. The van der Waals surface area contributed by atoms with Crippen molar-refractivity contribution >= 4 is 50.8 Å². The molecule has 0 spiro atoms. The molecule has 0 atom stereocenters. The quantitative estimate of drug-likeness (QED) is 0.211. The number of para-hydroxylation sites is 1. The number of hydrogen-bond donors (Lipinski definition) is 2. The van der Waals surface area contributed by atoms with E-state index in [1.54, 1.807) is 36.4 Å². The van der Waals surface area contributed by atoms with Crippen molar-refractivity contribution in [3.8, 4) is 11.5 Å². The van der Waals surface area contributed by atoms with Crippen LogP contribution in [0.3, 0.4) is 0 Å². The van der Waals surface area contributed by atoms with Crippen LogP contribution in [-0.2, 0) is 4.79 Å². The number of anilines is 2. The monoisotopic (exact) mass is 543 g/mol. The zero-order valence-corrected chi connectivity index (χ0v) is 19.7. The van der Waals surface area contributed by atoms with E-state index >= 15 is 0 Å². The topological polar surface area (TPSA) is 158 Å². The van der Waals surface area contributed by atoms with E-state index in [0.29, 0.717) is 27.2 Å². The van der Waals surface area contributed by atoms with Gasteiger partial charge in [0.1, 0.15) is 5.69 Å². The number of halogens is 1. The lowest BCUT2D eigenvalue weighted by Gasteiger charge is -2.13. The van der Waals surface area contributed by atoms with Crippen molar-refractivity contribution in [1.29, 1.82) is 0 Å². The number of nitro benzene ring substituents is 2. The maximum Gasteiger partial charge on any atom is 0.301 e. The predicted octanol–water partition coefficient (Wildman–Crippen LogP) is 4.74. The fourth-order valence-corrected chi connectivity index (χ4v) is 3.44. The van der Waals surface area contributed by atoms with E-state index in [2.05, 4.69) is 31.8 Å². The number of nitro groups is 2. The molecule has 0 bridgehead atoms. The summed E-state index contributed by atoms with van der Waals surface area (Å²) in [7, 11) is 1.43. The Morgan fingerprint density at radius 2 is 1.83 bits per heavy atom. The van der Waals surface area contributed by atoms with E-state index < -0.39 is 21.2 Å². The molecule has 13 heteroatoms. The zero-order valence-electron chi connectivity index (χ0n) is 18.1. The van der Waals surface area contributed by atoms with Crippen LogP contribution in [0.4, 0.5) is 22.7 Å². The number of amides is 1. The van der Waals surface area contributed by atoms with E-state index in [1.807, 2.05) is 6.07 Å². The summed E-state index contributed by atoms with van der Waals surface area (Å²) >= 11 is 3.37. The lowest BCUT2D eigenvalue weighted by molar-refractivity contribution is -0.393. The molecular weight excluding hydrogens is 526 g/mol. The summed E-state index contributed by atoms with van der Waals surface area (Å²) < 4.78 is 11.4. The summed E-state index contributed by atoms with van der Waals surface area (Å²) in [4.78, 5) is 32.8. The molecular formula is C22H18BrN5O7. The number of methoxy groups -OCH3 is 1. The minimum absolute atomic E-state index is 0.0211. The first-order valence-corrected chi connectivity index (χ1v) is 10.6. The van der Waals surface area contributed by atoms with Crippen LogP contribution in [-0.4, -0.2) is 35.7 Å². The SMILES string of the molecule is COc1cc(C=NNc2ccc([N+](=O)[O-])cc2[N+](=O)[O-])cc(Br)c1OCC(=O)Nc1ccccc1. The summed E-state index contributed by atoms with van der Waals surface area (Å²) in [5.41, 5.74) is 2.76. The highest BCUT2D eigenvalue weighted by Gasteiger charge is 2.19. The van der Waals surface area contributed by atoms with E-state index in [4.69, 9.17) is 9.47 Å². The standard InChI is InChI=1S/C22H18BrN5O7/c1-34-20-10-14(12-24-26-18-8-7-16(27(30)31)11-19(18)28(32)33)9-17(23)22(20)35-13-21(29)25-15-5-3-2-4-6-15/h2-12,26H,13H2,1H3,(H,25,29). The molecule has 0 radical (unpaired) electrons. The second-order valence-electron chi connectivity index (χ2n) is 6.82. The molecule has 3 aromatic carbocycles. The second kappa shape index (κ2) is 11.6. The van der Waals surface area contributed by atoms with Gasteiger partial charge in [-0.3, -0.25) is 30.4 Å². The van der Waals surface area contributed by atoms with Gasteiger partial charge in [-0.25, -0.2) is 0 Å². The Balaban J connectivity index is 1.70. The van der Waals surface area contributed by atoms with Gasteiger partial charge in [0.2, 0.25) is 0 Å². The van der Waals surface area contributed by atoms with Gasteiger partial charge in [0.25, 0.3) is 11.6 Å². The first kappa shape index (κ1) is 25.1. The van der Waals surface area contributed by atoms with Crippen molar-refractivity contribution < 1.29 is 24.1 Å². The number of hydrazone groups is 1. The molecule has 35 heavy (non-hydrogen) atoms. The molecule has 0 unspecified atom stereocenters. The van der Waals surface area contributed by atoms with Crippen LogP contribution < -0.4 is 20.2 Å². The van der Waals surface area contributed by atoms with Gasteiger partial charge in [0, 0.05) is 11.8 Å². The van der Waals surface area contributed by atoms with Gasteiger partial charge in [0.15, 0.2) is 18.1 Å². The largest absolute Gasteiger partial charge is 0.493 e. The third-order valence-electron chi connectivity index (χ3n) is 4.44. The summed E-state index contributed by atoms with van der Waals surface area (Å²) in [6.07, 6.45) is 1.37. The van der Waals surface area contributed by atoms with Gasteiger partial charge in [0.05, 0.1) is 33.7 Å². The molecule has 0 aromatic heterocycles. The third-order valence-corrected chi connectivity index (χ3v) is 5.03. The van der Waals surface area contributed by atoms with E-state index in [1.165, 1.54) is 19.4 Å². The molecule has 0 aliphatic rings. The minimum atomic E-state index is -0.745. The van der Waals surface area contributed by atoms with Crippen molar-refractivity contribution in [3.63, 3.8) is 0 Å². The number of ether oxygens (including phenoxy) is 2. The van der Waals surface area contributed by atoms with Crippen molar-refractivity contribution in [2.24, 2.45) is 5.10 Å². The number of nitrogens with zero attached hydrogens (tertiary/aromatic N) is 3. The Labute approximate surface area is 207 Å². The van der Waals surface area contributed by atoms with Crippen LogP contribution in [0.15, 0.2) is 70.2 Å². The van der Waals surface area contributed by atoms with Gasteiger partial charge < -0.3 is 14.8 Å². The zero-order chi connectivity index (χ0) is 25.4. The van der Waals surface area contributed by atoms with Crippen molar-refractivity contribution in [2.75, 3.05) is 24.5 Å². The number of nitrogens with one attached hydrogen (secondary N) is 2. The van der Waals surface area contributed by atoms with Gasteiger partial charge in [-0.05, 0) is 51.8 Å². The highest BCUT2D eigenvalue weighted by atomic mass is 79.9. The van der Waals surface area contributed by atoms with E-state index in [9.17, 15) is 25.0 Å². The molecule has 0 heterocycles. The third kappa shape index (κ3) is 6.74. The van der Waals surface area contributed by atoms with Crippen molar-refractivity contribution in [2.45, 2.75) is 0 Å². The maximum absolute atomic E-state index is 12.2. The second-order valence-corrected chi connectivity index (χ2v) is 7.68. The number of rotatable bonds is 10. The maximum atomic E-state index is 12.2. The Bertz CT molecular complexity index is 1280. The number of hydrogen-bond acceptors (Lipinski definition) is 9. The molecule has 0 saturated heterocycles. The van der Waals surface area contributed by atoms with Crippen LogP contribution in [0.1, 0.15) is 5.56 Å². The molecule has 1 amide bonds. The van der Waals surface area contributed by atoms with Crippen LogP contribution in [0.25, 0.3) is 0 Å². The normalized spacial score (nSPS) is 10.6. The molecule has 3 rings (SSSR count). The van der Waals surface area contributed by atoms with Gasteiger partial charge >= 0.3 is 5.69 Å². The van der Waals surface area contributed by atoms with Crippen molar-refractivity contribution in [3.05, 3.63) is 90.9 Å². The van der Waals surface area contributed by atoms with Crippen LogP contribution in [0.5, 0.6) is 11.5 Å². The van der Waals surface area contributed by atoms with Gasteiger partial charge in [-0.2, -0.15) is 5.10 Å². The van der Waals surface area contributed by atoms with Gasteiger partial charge in [-0.1, -0.05) is 18.2 Å². The summed E-state index contributed by atoms with van der Waals surface area (Å²) in [6, 6.07) is 15.3. The van der Waals surface area contributed by atoms with Crippen LogP contribution in [0, 0.1) is 20.2 Å². The highest BCUT2D eigenvalue weighted by Crippen LogP contribution is 2.36. The van der Waals surface area contributed by atoms with Crippen LogP contribution in [0.2, 0.25) is 0 Å². The average molecular weight is 544 g/mol. The molecule has 180 valence electrons. The molecule has 3 aromatic rings. The Morgan fingerprint density at radius 1 is 1.09 bits per heavy atom. The number of non-ortho nitro benzene ring substituents is 1. The summed E-state index contributed by atoms with van der Waals surface area (Å²) in [5.74, 6) is 0.256. The molecule has 0 fully saturated rings. The van der Waals surface area contributed by atoms with E-state index in [0.717, 1.165) is 12.1 Å². The average Bonchev–Trinajstić information content (AvgIpc) is 2.83. The number of benzene rings is 3. The lowest BCUT2D eigenvalue weighted by Crippen LogP contribution is -2.20. The Morgan fingerprint density at radius 3 is 2.49 bits per heavy atom.